The van der Waals surface area contributed by atoms with Crippen molar-refractivity contribution in [2.24, 2.45) is 0 Å². The number of aliphatic carboxylic acids is 1. The number of carboxylic acids is 1. The van der Waals surface area contributed by atoms with Crippen LogP contribution in [0.2, 0.25) is 0 Å². The van der Waals surface area contributed by atoms with Crippen LogP contribution >= 0.6 is 0 Å². The first-order chi connectivity index (χ1) is 17.2. The molecule has 0 saturated heterocycles. The fraction of sp³-hybridized carbons (Fsp3) is 0.300. The average Bonchev–Trinajstić information content (AvgIpc) is 3.24. The molecule has 1 aromatic carbocycles. The summed E-state index contributed by atoms with van der Waals surface area (Å²) >= 11 is 0. The molecule has 0 aliphatic heterocycles. The van der Waals surface area contributed by atoms with Crippen molar-refractivity contribution in [1.29, 1.82) is 0 Å². The van der Waals surface area contributed by atoms with Gasteiger partial charge in [-0.15, -0.1) is 19.7 Å². The van der Waals surface area contributed by atoms with Crippen LogP contribution in [0.15, 0.2) is 92.7 Å². The summed E-state index contributed by atoms with van der Waals surface area (Å²) in [7, 11) is 4.03. The Labute approximate surface area is 217 Å². The molecule has 0 radical (unpaired) electrons. The molecule has 3 rings (SSSR count). The molecular formula is C30H42N4O2. The van der Waals surface area contributed by atoms with Crippen molar-refractivity contribution in [3.05, 3.63) is 115 Å². The van der Waals surface area contributed by atoms with Gasteiger partial charge in [-0.25, -0.2) is 9.67 Å². The fourth-order valence-corrected chi connectivity index (χ4v) is 3.05. The number of allylic oxidation sites excluding steroid dienone is 2. The summed E-state index contributed by atoms with van der Waals surface area (Å²) in [6.07, 6.45) is 7.93. The number of aryl methyl sites for hydroxylation is 2. The van der Waals surface area contributed by atoms with E-state index < -0.39 is 11.9 Å². The Bertz CT molecular complexity index is 1050. The zero-order valence-corrected chi connectivity index (χ0v) is 22.7. The molecule has 194 valence electrons. The number of carboxylic acid groups (broad SMARTS) is 1. The second-order valence-corrected chi connectivity index (χ2v) is 8.10. The molecule has 0 aliphatic carbocycles. The van der Waals surface area contributed by atoms with Crippen LogP contribution in [-0.2, 0) is 11.2 Å². The van der Waals surface area contributed by atoms with Gasteiger partial charge in [0, 0.05) is 24.9 Å². The van der Waals surface area contributed by atoms with E-state index in [4.69, 9.17) is 0 Å². The Morgan fingerprint density at radius 2 is 1.75 bits per heavy atom. The van der Waals surface area contributed by atoms with Crippen molar-refractivity contribution in [1.82, 2.24) is 19.7 Å². The molecule has 0 aliphatic rings. The summed E-state index contributed by atoms with van der Waals surface area (Å²) in [5.74, 6) is -0.731. The summed E-state index contributed by atoms with van der Waals surface area (Å²) in [6.45, 7) is 18.4. The Morgan fingerprint density at radius 1 is 1.08 bits per heavy atom. The van der Waals surface area contributed by atoms with Crippen LogP contribution in [0.3, 0.4) is 0 Å². The Hall–Kier alpha value is -3.77. The van der Waals surface area contributed by atoms with E-state index in [1.165, 1.54) is 0 Å². The molecule has 1 atom stereocenters. The molecule has 6 heteroatoms. The highest BCUT2D eigenvalue weighted by Crippen LogP contribution is 2.23. The standard InChI is InChI=1S/C19H19N3O2.C5H11N.C4H8.C2H4/c1-13-6-5-7-15(10-13)17(19(23)24)12-16-11-14(2)22(21-16)18-8-3-4-9-20-18;1-4-5-6(2)3;1-3-4-2;1-2/h3-11,17H,12H2,1-2H3,(H,23,24);4H,1,5H2,2-3H3;3-4H,1-2H3;1-2H2/b;;4-3-;. The normalized spacial score (nSPS) is 10.8. The van der Waals surface area contributed by atoms with Crippen molar-refractivity contribution in [2.75, 3.05) is 20.6 Å². The van der Waals surface area contributed by atoms with Gasteiger partial charge in [0.2, 0.25) is 0 Å². The van der Waals surface area contributed by atoms with Gasteiger partial charge < -0.3 is 10.0 Å². The maximum absolute atomic E-state index is 11.7. The number of nitrogens with zero attached hydrogens (tertiary/aromatic N) is 4. The predicted octanol–water partition coefficient (Wildman–Crippen LogP) is 6.41. The lowest BCUT2D eigenvalue weighted by molar-refractivity contribution is -0.138. The van der Waals surface area contributed by atoms with E-state index in [2.05, 4.69) is 34.7 Å². The van der Waals surface area contributed by atoms with Gasteiger partial charge in [0.05, 0.1) is 11.6 Å². The number of hydrogen-bond donors (Lipinski definition) is 1. The molecule has 6 nitrogen and oxygen atoms in total. The monoisotopic (exact) mass is 490 g/mol. The van der Waals surface area contributed by atoms with Crippen LogP contribution in [0.4, 0.5) is 0 Å². The van der Waals surface area contributed by atoms with Gasteiger partial charge in [0.1, 0.15) is 0 Å². The number of pyridine rings is 1. The Kier molecular flexibility index (Phi) is 16.6. The van der Waals surface area contributed by atoms with Gasteiger partial charge in [-0.3, -0.25) is 4.79 Å². The van der Waals surface area contributed by atoms with Gasteiger partial charge in [-0.1, -0.05) is 54.1 Å². The van der Waals surface area contributed by atoms with E-state index >= 15 is 0 Å². The van der Waals surface area contributed by atoms with Gasteiger partial charge in [-0.05, 0) is 65.6 Å². The topological polar surface area (TPSA) is 71.2 Å². The van der Waals surface area contributed by atoms with Crippen molar-refractivity contribution in [3.8, 4) is 5.82 Å². The number of carbonyl (C=O) groups is 1. The molecule has 1 N–H and O–H groups in total. The summed E-state index contributed by atoms with van der Waals surface area (Å²) in [4.78, 5) is 18.1. The molecule has 0 fully saturated rings. The van der Waals surface area contributed by atoms with E-state index in [1.807, 2.05) is 109 Å². The van der Waals surface area contributed by atoms with E-state index in [9.17, 15) is 9.90 Å². The van der Waals surface area contributed by atoms with Crippen LogP contribution in [-0.4, -0.2) is 51.4 Å². The molecule has 0 amide bonds. The summed E-state index contributed by atoms with van der Waals surface area (Å²) < 4.78 is 1.74. The molecule has 1 unspecified atom stereocenters. The Morgan fingerprint density at radius 3 is 2.19 bits per heavy atom. The van der Waals surface area contributed by atoms with E-state index in [0.29, 0.717) is 6.42 Å². The molecule has 0 spiro atoms. The lowest BCUT2D eigenvalue weighted by Crippen LogP contribution is -2.15. The maximum atomic E-state index is 11.7. The second-order valence-electron chi connectivity index (χ2n) is 8.10. The average molecular weight is 491 g/mol. The van der Waals surface area contributed by atoms with Crippen LogP contribution in [0.1, 0.15) is 42.3 Å². The van der Waals surface area contributed by atoms with Crippen molar-refractivity contribution in [3.63, 3.8) is 0 Å². The highest BCUT2D eigenvalue weighted by molar-refractivity contribution is 5.76. The van der Waals surface area contributed by atoms with Crippen LogP contribution in [0, 0.1) is 13.8 Å². The third-order valence-electron chi connectivity index (χ3n) is 4.79. The molecular weight excluding hydrogens is 448 g/mol. The smallest absolute Gasteiger partial charge is 0.311 e. The first-order valence-electron chi connectivity index (χ1n) is 11.8. The number of hydrogen-bond acceptors (Lipinski definition) is 4. The first-order valence-corrected chi connectivity index (χ1v) is 11.8. The van der Waals surface area contributed by atoms with Gasteiger partial charge in [0.15, 0.2) is 5.82 Å². The van der Waals surface area contributed by atoms with E-state index in [0.717, 1.165) is 34.9 Å². The van der Waals surface area contributed by atoms with Crippen molar-refractivity contribution < 1.29 is 9.90 Å². The van der Waals surface area contributed by atoms with Crippen molar-refractivity contribution >= 4 is 5.97 Å². The van der Waals surface area contributed by atoms with Gasteiger partial charge >= 0.3 is 5.97 Å². The highest BCUT2D eigenvalue weighted by Gasteiger charge is 2.22. The number of benzene rings is 1. The quantitative estimate of drug-likeness (QED) is 0.387. The lowest BCUT2D eigenvalue weighted by Gasteiger charge is -2.12. The third kappa shape index (κ3) is 12.1. The highest BCUT2D eigenvalue weighted by atomic mass is 16.4. The van der Waals surface area contributed by atoms with Gasteiger partial charge in [0.25, 0.3) is 0 Å². The minimum Gasteiger partial charge on any atom is -0.481 e. The predicted molar refractivity (Wildman–Crippen MR) is 152 cm³/mol. The molecule has 36 heavy (non-hydrogen) atoms. The molecule has 3 aromatic rings. The zero-order chi connectivity index (χ0) is 27.5. The minimum absolute atomic E-state index is 0.347. The molecule has 2 heterocycles. The third-order valence-corrected chi connectivity index (χ3v) is 4.79. The van der Waals surface area contributed by atoms with E-state index in [-0.39, 0.29) is 0 Å². The summed E-state index contributed by atoms with van der Waals surface area (Å²) in [5.41, 5.74) is 3.52. The largest absolute Gasteiger partial charge is 0.481 e. The van der Waals surface area contributed by atoms with Crippen molar-refractivity contribution in [2.45, 2.75) is 40.0 Å². The summed E-state index contributed by atoms with van der Waals surface area (Å²) in [6, 6.07) is 15.2. The second kappa shape index (κ2) is 18.5. The van der Waals surface area contributed by atoms with Crippen LogP contribution in [0.25, 0.3) is 5.82 Å². The molecule has 0 saturated carbocycles. The SMILES string of the molecule is C/C=C\C.C=C.C=CCN(C)C.Cc1cccc(C(Cc2cc(C)n(-c3ccccn3)n2)C(=O)O)c1. The number of aromatic nitrogens is 3. The zero-order valence-electron chi connectivity index (χ0n) is 22.7. The van der Waals surface area contributed by atoms with Crippen LogP contribution in [0.5, 0.6) is 0 Å². The first kappa shape index (κ1) is 32.2. The molecule has 0 bridgehead atoms. The maximum Gasteiger partial charge on any atom is 0.311 e. The number of rotatable bonds is 7. The lowest BCUT2D eigenvalue weighted by atomic mass is 9.93. The minimum atomic E-state index is -0.842. The fourth-order valence-electron chi connectivity index (χ4n) is 3.05. The van der Waals surface area contributed by atoms with Gasteiger partial charge in [-0.2, -0.15) is 5.10 Å². The van der Waals surface area contributed by atoms with Crippen LogP contribution < -0.4 is 0 Å². The molecule has 2 aromatic heterocycles. The van der Waals surface area contributed by atoms with E-state index in [1.54, 1.807) is 10.9 Å². The number of likely N-dealkylation sites (N-methyl/N-ethyl adjacent to an activating group) is 1. The summed E-state index contributed by atoms with van der Waals surface area (Å²) in [5, 5.41) is 14.2. The Balaban J connectivity index is 0.000000860.